The first-order valence-corrected chi connectivity index (χ1v) is 5.21. The SMILES string of the molecule is C\C=C/C(F)=C\C=C(/C)c1cn(C)c(C)n1. The summed E-state index contributed by atoms with van der Waals surface area (Å²) in [6.07, 6.45) is 8.20. The van der Waals surface area contributed by atoms with Gasteiger partial charge in [0.2, 0.25) is 0 Å². The molecule has 0 fully saturated rings. The summed E-state index contributed by atoms with van der Waals surface area (Å²) in [6.45, 7) is 5.64. The van der Waals surface area contributed by atoms with Crippen molar-refractivity contribution in [2.75, 3.05) is 0 Å². The van der Waals surface area contributed by atoms with Crippen LogP contribution in [0.2, 0.25) is 0 Å². The van der Waals surface area contributed by atoms with E-state index in [1.54, 1.807) is 19.1 Å². The Morgan fingerprint density at radius 1 is 1.44 bits per heavy atom. The maximum Gasteiger partial charge on any atom is 0.122 e. The molecule has 0 N–H and O–H groups in total. The second kappa shape index (κ2) is 5.45. The third kappa shape index (κ3) is 3.19. The van der Waals surface area contributed by atoms with Crippen LogP contribution in [0.15, 0.2) is 36.3 Å². The van der Waals surface area contributed by atoms with Gasteiger partial charge in [0.15, 0.2) is 0 Å². The van der Waals surface area contributed by atoms with E-state index < -0.39 is 0 Å². The van der Waals surface area contributed by atoms with Crippen LogP contribution in [0, 0.1) is 6.92 Å². The van der Waals surface area contributed by atoms with E-state index in [0.717, 1.165) is 17.1 Å². The predicted octanol–water partition coefficient (Wildman–Crippen LogP) is 3.56. The summed E-state index contributed by atoms with van der Waals surface area (Å²) >= 11 is 0. The molecule has 16 heavy (non-hydrogen) atoms. The number of hydrogen-bond acceptors (Lipinski definition) is 1. The molecule has 0 bridgehead atoms. The fourth-order valence-corrected chi connectivity index (χ4v) is 1.25. The van der Waals surface area contributed by atoms with E-state index in [0.29, 0.717) is 0 Å². The predicted molar refractivity (Wildman–Crippen MR) is 65.6 cm³/mol. The summed E-state index contributed by atoms with van der Waals surface area (Å²) in [5.74, 6) is 0.690. The lowest BCUT2D eigenvalue weighted by atomic mass is 10.2. The Balaban J connectivity index is 2.89. The first kappa shape index (κ1) is 12.4. The van der Waals surface area contributed by atoms with Crippen molar-refractivity contribution in [3.63, 3.8) is 0 Å². The normalized spacial score (nSPS) is 13.8. The molecule has 0 saturated heterocycles. The quantitative estimate of drug-likeness (QED) is 0.712. The maximum absolute atomic E-state index is 13.1. The molecular formula is C13H17FN2. The number of nitrogens with zero attached hydrogens (tertiary/aromatic N) is 2. The molecule has 86 valence electrons. The topological polar surface area (TPSA) is 17.8 Å². The third-order valence-electron chi connectivity index (χ3n) is 2.33. The Bertz CT molecular complexity index is 431. The number of allylic oxidation sites excluding steroid dienone is 6. The van der Waals surface area contributed by atoms with Crippen molar-refractivity contribution in [3.8, 4) is 0 Å². The van der Waals surface area contributed by atoms with Gasteiger partial charge in [0.25, 0.3) is 0 Å². The monoisotopic (exact) mass is 220 g/mol. The minimum absolute atomic E-state index is 0.255. The molecule has 0 aliphatic rings. The third-order valence-corrected chi connectivity index (χ3v) is 2.33. The average molecular weight is 220 g/mol. The number of aromatic nitrogens is 2. The second-order valence-corrected chi connectivity index (χ2v) is 3.69. The highest BCUT2D eigenvalue weighted by Gasteiger charge is 2.01. The van der Waals surface area contributed by atoms with Crippen molar-refractivity contribution < 1.29 is 4.39 Å². The van der Waals surface area contributed by atoms with Gasteiger partial charge in [-0.1, -0.05) is 12.2 Å². The van der Waals surface area contributed by atoms with Gasteiger partial charge in [-0.15, -0.1) is 0 Å². The van der Waals surface area contributed by atoms with Crippen LogP contribution in [0.4, 0.5) is 4.39 Å². The molecule has 2 nitrogen and oxygen atoms in total. The van der Waals surface area contributed by atoms with Crippen LogP contribution >= 0.6 is 0 Å². The van der Waals surface area contributed by atoms with Crippen LogP contribution in [-0.4, -0.2) is 9.55 Å². The van der Waals surface area contributed by atoms with Gasteiger partial charge in [0.1, 0.15) is 11.7 Å². The zero-order valence-electron chi connectivity index (χ0n) is 10.2. The smallest absolute Gasteiger partial charge is 0.122 e. The molecule has 0 spiro atoms. The molecule has 1 aromatic rings. The lowest BCUT2D eigenvalue weighted by Gasteiger charge is -1.92. The van der Waals surface area contributed by atoms with E-state index in [1.165, 1.54) is 12.2 Å². The maximum atomic E-state index is 13.1. The van der Waals surface area contributed by atoms with E-state index in [4.69, 9.17) is 0 Å². The highest BCUT2D eigenvalue weighted by molar-refractivity contribution is 5.62. The van der Waals surface area contributed by atoms with Gasteiger partial charge in [-0.05, 0) is 38.5 Å². The van der Waals surface area contributed by atoms with E-state index in [-0.39, 0.29) is 5.83 Å². The molecule has 0 aliphatic heterocycles. The number of halogens is 1. The molecule has 0 amide bonds. The van der Waals surface area contributed by atoms with Crippen LogP contribution in [0.3, 0.4) is 0 Å². The fraction of sp³-hybridized carbons (Fsp3) is 0.308. The lowest BCUT2D eigenvalue weighted by molar-refractivity contribution is 0.667. The van der Waals surface area contributed by atoms with Crippen LogP contribution in [0.25, 0.3) is 5.57 Å². The average Bonchev–Trinajstić information content (AvgIpc) is 2.56. The molecule has 3 heteroatoms. The summed E-state index contributed by atoms with van der Waals surface area (Å²) in [5, 5.41) is 0. The van der Waals surface area contributed by atoms with Gasteiger partial charge in [0.05, 0.1) is 5.69 Å². The zero-order valence-corrected chi connectivity index (χ0v) is 10.2. The van der Waals surface area contributed by atoms with Crippen molar-refractivity contribution in [1.82, 2.24) is 9.55 Å². The van der Waals surface area contributed by atoms with Crippen molar-refractivity contribution in [2.24, 2.45) is 7.05 Å². The van der Waals surface area contributed by atoms with Crippen molar-refractivity contribution >= 4 is 5.57 Å². The molecule has 1 aromatic heterocycles. The molecular weight excluding hydrogens is 203 g/mol. The highest BCUT2D eigenvalue weighted by atomic mass is 19.1. The van der Waals surface area contributed by atoms with Gasteiger partial charge in [-0.25, -0.2) is 9.37 Å². The van der Waals surface area contributed by atoms with Crippen LogP contribution in [0.1, 0.15) is 25.4 Å². The molecule has 0 unspecified atom stereocenters. The van der Waals surface area contributed by atoms with Crippen molar-refractivity contribution in [1.29, 1.82) is 0 Å². The first-order valence-electron chi connectivity index (χ1n) is 5.21. The van der Waals surface area contributed by atoms with Gasteiger partial charge < -0.3 is 4.57 Å². The van der Waals surface area contributed by atoms with Gasteiger partial charge in [-0.2, -0.15) is 0 Å². The minimum atomic E-state index is -0.255. The Hall–Kier alpha value is -1.64. The van der Waals surface area contributed by atoms with Crippen LogP contribution < -0.4 is 0 Å². The van der Waals surface area contributed by atoms with Gasteiger partial charge in [-0.3, -0.25) is 0 Å². The molecule has 0 aromatic carbocycles. The summed E-state index contributed by atoms with van der Waals surface area (Å²) in [7, 11) is 1.94. The number of hydrogen-bond donors (Lipinski definition) is 0. The standard InChI is InChI=1S/C13H17FN2/c1-5-6-12(14)8-7-10(2)13-9-16(4)11(3)15-13/h5-9H,1-4H3/b6-5-,10-7+,12-8+. The molecule has 1 rings (SSSR count). The highest BCUT2D eigenvalue weighted by Crippen LogP contribution is 2.13. The molecule has 0 aliphatic carbocycles. The van der Waals surface area contributed by atoms with E-state index in [2.05, 4.69) is 4.98 Å². The molecule has 0 atom stereocenters. The Morgan fingerprint density at radius 2 is 2.12 bits per heavy atom. The lowest BCUT2D eigenvalue weighted by Crippen LogP contribution is -1.86. The van der Waals surface area contributed by atoms with E-state index >= 15 is 0 Å². The summed E-state index contributed by atoms with van der Waals surface area (Å²) < 4.78 is 15.0. The second-order valence-electron chi connectivity index (χ2n) is 3.69. The zero-order chi connectivity index (χ0) is 12.1. The van der Waals surface area contributed by atoms with Crippen LogP contribution in [0.5, 0.6) is 0 Å². The Morgan fingerprint density at radius 3 is 2.62 bits per heavy atom. The first-order chi connectivity index (χ1) is 7.54. The van der Waals surface area contributed by atoms with Crippen molar-refractivity contribution in [3.05, 3.63) is 47.8 Å². The number of rotatable bonds is 3. The van der Waals surface area contributed by atoms with E-state index in [9.17, 15) is 4.39 Å². The molecule has 0 radical (unpaired) electrons. The minimum Gasteiger partial charge on any atom is -0.338 e. The Kier molecular flexibility index (Phi) is 4.23. The van der Waals surface area contributed by atoms with Gasteiger partial charge >= 0.3 is 0 Å². The summed E-state index contributed by atoms with van der Waals surface area (Å²) in [6, 6.07) is 0. The number of aryl methyl sites for hydroxylation is 2. The summed E-state index contributed by atoms with van der Waals surface area (Å²) in [5.41, 5.74) is 1.83. The van der Waals surface area contributed by atoms with E-state index in [1.807, 2.05) is 31.7 Å². The van der Waals surface area contributed by atoms with Gasteiger partial charge in [0, 0.05) is 13.2 Å². The Labute approximate surface area is 95.8 Å². The van der Waals surface area contributed by atoms with Crippen molar-refractivity contribution in [2.45, 2.75) is 20.8 Å². The van der Waals surface area contributed by atoms with Crippen LogP contribution in [-0.2, 0) is 7.05 Å². The number of imidazole rings is 1. The molecule has 0 saturated carbocycles. The largest absolute Gasteiger partial charge is 0.338 e. The fourth-order valence-electron chi connectivity index (χ4n) is 1.25. The molecule has 1 heterocycles. The summed E-state index contributed by atoms with van der Waals surface area (Å²) in [4.78, 5) is 4.36.